The van der Waals surface area contributed by atoms with Crippen LogP contribution in [-0.4, -0.2) is 73.0 Å². The SMILES string of the molecule is CCN(CC)CCN1CCN(C(=O)c2ccccc2)CC1. The second-order valence-corrected chi connectivity index (χ2v) is 5.53. The first-order chi connectivity index (χ1) is 10.2. The van der Waals surface area contributed by atoms with Gasteiger partial charge in [-0.3, -0.25) is 9.69 Å². The molecule has 1 aliphatic heterocycles. The van der Waals surface area contributed by atoms with Crippen molar-refractivity contribution in [3.8, 4) is 0 Å². The van der Waals surface area contributed by atoms with Crippen LogP contribution in [-0.2, 0) is 0 Å². The maximum absolute atomic E-state index is 12.4. The van der Waals surface area contributed by atoms with Gasteiger partial charge in [0.25, 0.3) is 5.91 Å². The van der Waals surface area contributed by atoms with Gasteiger partial charge in [0.15, 0.2) is 0 Å². The van der Waals surface area contributed by atoms with E-state index < -0.39 is 0 Å². The Balaban J connectivity index is 1.77. The largest absolute Gasteiger partial charge is 0.336 e. The number of piperazine rings is 1. The van der Waals surface area contributed by atoms with Gasteiger partial charge < -0.3 is 9.80 Å². The lowest BCUT2D eigenvalue weighted by Crippen LogP contribution is -2.50. The monoisotopic (exact) mass is 289 g/mol. The fourth-order valence-electron chi connectivity index (χ4n) is 2.76. The van der Waals surface area contributed by atoms with Crippen LogP contribution in [0.5, 0.6) is 0 Å². The van der Waals surface area contributed by atoms with Gasteiger partial charge in [0.1, 0.15) is 0 Å². The summed E-state index contributed by atoms with van der Waals surface area (Å²) in [4.78, 5) is 19.3. The molecular formula is C17H27N3O. The summed E-state index contributed by atoms with van der Waals surface area (Å²) in [6.45, 7) is 12.5. The molecule has 1 fully saturated rings. The molecule has 21 heavy (non-hydrogen) atoms. The maximum Gasteiger partial charge on any atom is 0.253 e. The van der Waals surface area contributed by atoms with Gasteiger partial charge in [0.2, 0.25) is 0 Å². The van der Waals surface area contributed by atoms with Crippen molar-refractivity contribution in [3.63, 3.8) is 0 Å². The van der Waals surface area contributed by atoms with Crippen LogP contribution in [0.15, 0.2) is 30.3 Å². The average molecular weight is 289 g/mol. The highest BCUT2D eigenvalue weighted by Crippen LogP contribution is 2.08. The Labute approximate surface area is 128 Å². The average Bonchev–Trinajstić information content (AvgIpc) is 2.56. The van der Waals surface area contributed by atoms with E-state index in [0.717, 1.165) is 57.9 Å². The number of likely N-dealkylation sites (N-methyl/N-ethyl adjacent to an activating group) is 1. The van der Waals surface area contributed by atoms with Gasteiger partial charge in [0.05, 0.1) is 0 Å². The van der Waals surface area contributed by atoms with Crippen LogP contribution in [0.4, 0.5) is 0 Å². The summed E-state index contributed by atoms with van der Waals surface area (Å²) >= 11 is 0. The van der Waals surface area contributed by atoms with Crippen LogP contribution in [0.2, 0.25) is 0 Å². The van der Waals surface area contributed by atoms with Gasteiger partial charge >= 0.3 is 0 Å². The second kappa shape index (κ2) is 8.15. The molecule has 2 rings (SSSR count). The summed E-state index contributed by atoms with van der Waals surface area (Å²) in [5, 5.41) is 0. The third kappa shape index (κ3) is 4.55. The predicted molar refractivity (Wildman–Crippen MR) is 86.6 cm³/mol. The van der Waals surface area contributed by atoms with Crippen molar-refractivity contribution < 1.29 is 4.79 Å². The van der Waals surface area contributed by atoms with Gasteiger partial charge in [-0.1, -0.05) is 32.0 Å². The number of rotatable bonds is 6. The minimum Gasteiger partial charge on any atom is -0.336 e. The van der Waals surface area contributed by atoms with Crippen molar-refractivity contribution in [2.75, 3.05) is 52.4 Å². The van der Waals surface area contributed by atoms with E-state index in [-0.39, 0.29) is 5.91 Å². The normalized spacial score (nSPS) is 16.4. The van der Waals surface area contributed by atoms with Crippen LogP contribution in [0.25, 0.3) is 0 Å². The van der Waals surface area contributed by atoms with E-state index in [1.165, 1.54) is 0 Å². The van der Waals surface area contributed by atoms with Crippen LogP contribution >= 0.6 is 0 Å². The zero-order valence-corrected chi connectivity index (χ0v) is 13.3. The summed E-state index contributed by atoms with van der Waals surface area (Å²) in [6.07, 6.45) is 0. The molecule has 0 saturated carbocycles. The Kier molecular flexibility index (Phi) is 6.21. The molecule has 1 amide bonds. The molecular weight excluding hydrogens is 262 g/mol. The summed E-state index contributed by atoms with van der Waals surface area (Å²) in [5.41, 5.74) is 0.800. The molecule has 1 saturated heterocycles. The minimum absolute atomic E-state index is 0.166. The van der Waals surface area contributed by atoms with Crippen LogP contribution < -0.4 is 0 Å². The molecule has 1 aromatic rings. The Hall–Kier alpha value is -1.39. The zero-order chi connectivity index (χ0) is 15.1. The highest BCUT2D eigenvalue weighted by Gasteiger charge is 2.21. The molecule has 0 N–H and O–H groups in total. The van der Waals surface area contributed by atoms with E-state index in [4.69, 9.17) is 0 Å². The summed E-state index contributed by atoms with van der Waals surface area (Å²) < 4.78 is 0. The number of carbonyl (C=O) groups excluding carboxylic acids is 1. The third-order valence-electron chi connectivity index (χ3n) is 4.31. The van der Waals surface area contributed by atoms with Crippen molar-refractivity contribution in [1.29, 1.82) is 0 Å². The van der Waals surface area contributed by atoms with Gasteiger partial charge in [-0.05, 0) is 25.2 Å². The van der Waals surface area contributed by atoms with E-state index in [1.807, 2.05) is 35.2 Å². The first-order valence-electron chi connectivity index (χ1n) is 8.03. The van der Waals surface area contributed by atoms with E-state index in [2.05, 4.69) is 23.6 Å². The first-order valence-corrected chi connectivity index (χ1v) is 8.03. The number of nitrogens with zero attached hydrogens (tertiary/aromatic N) is 3. The standard InChI is InChI=1S/C17H27N3O/c1-3-18(4-2)10-11-19-12-14-20(15-13-19)17(21)16-8-6-5-7-9-16/h5-9H,3-4,10-15H2,1-2H3. The van der Waals surface area contributed by atoms with Crippen LogP contribution in [0.3, 0.4) is 0 Å². The lowest BCUT2D eigenvalue weighted by atomic mass is 10.2. The maximum atomic E-state index is 12.4. The van der Waals surface area contributed by atoms with E-state index in [1.54, 1.807) is 0 Å². The van der Waals surface area contributed by atoms with Crippen LogP contribution in [0.1, 0.15) is 24.2 Å². The fourth-order valence-corrected chi connectivity index (χ4v) is 2.76. The summed E-state index contributed by atoms with van der Waals surface area (Å²) in [5.74, 6) is 0.166. The van der Waals surface area contributed by atoms with E-state index >= 15 is 0 Å². The first kappa shape index (κ1) is 16.0. The number of hydrogen-bond donors (Lipinski definition) is 0. The van der Waals surface area contributed by atoms with Gasteiger partial charge in [0, 0.05) is 44.8 Å². The minimum atomic E-state index is 0.166. The number of benzene rings is 1. The second-order valence-electron chi connectivity index (χ2n) is 5.53. The number of carbonyl (C=O) groups is 1. The third-order valence-corrected chi connectivity index (χ3v) is 4.31. The lowest BCUT2D eigenvalue weighted by molar-refractivity contribution is 0.0625. The fraction of sp³-hybridized carbons (Fsp3) is 0.588. The quantitative estimate of drug-likeness (QED) is 0.799. The Morgan fingerprint density at radius 2 is 1.67 bits per heavy atom. The topological polar surface area (TPSA) is 26.8 Å². The number of hydrogen-bond acceptors (Lipinski definition) is 3. The molecule has 0 spiro atoms. The molecule has 1 aromatic carbocycles. The molecule has 0 bridgehead atoms. The number of amides is 1. The molecule has 1 heterocycles. The van der Waals surface area contributed by atoms with Crippen molar-refractivity contribution in [2.24, 2.45) is 0 Å². The molecule has 116 valence electrons. The molecule has 1 aliphatic rings. The Morgan fingerprint density at radius 3 is 2.24 bits per heavy atom. The molecule has 0 unspecified atom stereocenters. The van der Waals surface area contributed by atoms with Crippen LogP contribution in [0, 0.1) is 0 Å². The smallest absolute Gasteiger partial charge is 0.253 e. The van der Waals surface area contributed by atoms with Gasteiger partial charge in [-0.15, -0.1) is 0 Å². The highest BCUT2D eigenvalue weighted by atomic mass is 16.2. The Morgan fingerprint density at radius 1 is 1.05 bits per heavy atom. The molecule has 0 atom stereocenters. The van der Waals surface area contributed by atoms with E-state index in [0.29, 0.717) is 0 Å². The zero-order valence-electron chi connectivity index (χ0n) is 13.3. The predicted octanol–water partition coefficient (Wildman–Crippen LogP) is 1.79. The molecule has 0 aliphatic carbocycles. The lowest BCUT2D eigenvalue weighted by Gasteiger charge is -2.35. The Bertz CT molecular complexity index is 423. The summed E-state index contributed by atoms with van der Waals surface area (Å²) in [7, 11) is 0. The van der Waals surface area contributed by atoms with Crippen molar-refractivity contribution in [2.45, 2.75) is 13.8 Å². The van der Waals surface area contributed by atoms with Gasteiger partial charge in [-0.25, -0.2) is 0 Å². The van der Waals surface area contributed by atoms with Gasteiger partial charge in [-0.2, -0.15) is 0 Å². The van der Waals surface area contributed by atoms with Crippen molar-refractivity contribution in [1.82, 2.24) is 14.7 Å². The van der Waals surface area contributed by atoms with Crippen molar-refractivity contribution >= 4 is 5.91 Å². The molecule has 4 nitrogen and oxygen atoms in total. The molecule has 0 radical (unpaired) electrons. The molecule has 0 aromatic heterocycles. The molecule has 4 heteroatoms. The van der Waals surface area contributed by atoms with Crippen molar-refractivity contribution in [3.05, 3.63) is 35.9 Å². The van der Waals surface area contributed by atoms with E-state index in [9.17, 15) is 4.79 Å². The summed E-state index contributed by atoms with van der Waals surface area (Å²) in [6, 6.07) is 9.59. The highest BCUT2D eigenvalue weighted by molar-refractivity contribution is 5.94.